The van der Waals surface area contributed by atoms with E-state index >= 15 is 4.39 Å². The molecular weight excluding hydrogens is 652 g/mol. The van der Waals surface area contributed by atoms with E-state index in [0.717, 1.165) is 29.0 Å². The van der Waals surface area contributed by atoms with Crippen molar-refractivity contribution >= 4 is 32.6 Å². The van der Waals surface area contributed by atoms with Gasteiger partial charge in [0.15, 0.2) is 15.5 Å². The van der Waals surface area contributed by atoms with Crippen LogP contribution in [0.5, 0.6) is 0 Å². The van der Waals surface area contributed by atoms with E-state index in [1.54, 1.807) is 28.9 Å². The molecule has 10 nitrogen and oxygen atoms in total. The standard InChI is InChI=1S/C33H32F4N6O4S/c1-5-27(44)41-13-14-42(19(2)16-41)30-23-15-25(34)28(22-9-6-7-11-24(22)33(35,36)37)38-31(23)43(32(45)39-30)29-21(20-17-40(3)18-20)10-8-12-26(29)48(4,46)47/h5-12,15,19-20H,1,13-14,16-18H2,2-4H3/t19-/m0/s1. The fourth-order valence-corrected chi connectivity index (χ4v) is 7.44. The zero-order valence-electron chi connectivity index (χ0n) is 26.3. The number of carbonyl (C=O) groups is 1. The Labute approximate surface area is 273 Å². The van der Waals surface area contributed by atoms with Crippen LogP contribution < -0.4 is 10.6 Å². The molecule has 2 aromatic carbocycles. The highest BCUT2D eigenvalue weighted by molar-refractivity contribution is 7.90. The number of aromatic nitrogens is 3. The van der Waals surface area contributed by atoms with Gasteiger partial charge in [-0.1, -0.05) is 36.9 Å². The van der Waals surface area contributed by atoms with E-state index in [1.807, 2.05) is 11.9 Å². The predicted octanol–water partition coefficient (Wildman–Crippen LogP) is 4.26. The zero-order valence-corrected chi connectivity index (χ0v) is 27.1. The number of fused-ring (bicyclic) bond motifs is 1. The summed E-state index contributed by atoms with van der Waals surface area (Å²) in [6.07, 6.45) is -2.68. The third-order valence-corrected chi connectivity index (χ3v) is 9.96. The molecule has 4 aromatic rings. The molecule has 0 N–H and O–H groups in total. The molecule has 2 aliphatic rings. The molecule has 0 bridgehead atoms. The third kappa shape index (κ3) is 5.85. The number of hydrogen-bond acceptors (Lipinski definition) is 8. The topological polar surface area (TPSA) is 109 Å². The Morgan fingerprint density at radius 1 is 1.04 bits per heavy atom. The number of sulfone groups is 1. The molecule has 48 heavy (non-hydrogen) atoms. The summed E-state index contributed by atoms with van der Waals surface area (Å²) in [4.78, 5) is 40.4. The number of halogens is 4. The number of benzene rings is 2. The van der Waals surface area contributed by atoms with Gasteiger partial charge in [-0.3, -0.25) is 4.79 Å². The second-order valence-electron chi connectivity index (χ2n) is 12.2. The van der Waals surface area contributed by atoms with Crippen molar-refractivity contribution in [3.63, 3.8) is 0 Å². The number of likely N-dealkylation sites (N-methyl/N-ethyl adjacent to an activating group) is 1. The number of hydrogen-bond donors (Lipinski definition) is 0. The monoisotopic (exact) mass is 684 g/mol. The van der Waals surface area contributed by atoms with Crippen LogP contribution in [0.1, 0.15) is 24.0 Å². The van der Waals surface area contributed by atoms with Gasteiger partial charge in [-0.05, 0) is 43.8 Å². The van der Waals surface area contributed by atoms with Crippen molar-refractivity contribution in [1.29, 1.82) is 0 Å². The molecule has 0 saturated carbocycles. The van der Waals surface area contributed by atoms with E-state index in [2.05, 4.69) is 16.5 Å². The number of likely N-dealkylation sites (tertiary alicyclic amines) is 1. The fraction of sp³-hybridized carbons (Fsp3) is 0.333. The van der Waals surface area contributed by atoms with Crippen LogP contribution in [-0.2, 0) is 20.8 Å². The Hall–Kier alpha value is -4.63. The lowest BCUT2D eigenvalue weighted by Crippen LogP contribution is -2.54. The Morgan fingerprint density at radius 2 is 1.75 bits per heavy atom. The molecule has 2 aliphatic heterocycles. The van der Waals surface area contributed by atoms with Gasteiger partial charge in [-0.25, -0.2) is 27.2 Å². The summed E-state index contributed by atoms with van der Waals surface area (Å²) in [6.45, 7) is 7.04. The molecule has 0 unspecified atom stereocenters. The van der Waals surface area contributed by atoms with E-state index in [0.29, 0.717) is 18.7 Å². The summed E-state index contributed by atoms with van der Waals surface area (Å²) in [6, 6.07) is 9.53. The molecule has 2 saturated heterocycles. The number of piperazine rings is 1. The van der Waals surface area contributed by atoms with Crippen LogP contribution in [0.3, 0.4) is 0 Å². The van der Waals surface area contributed by atoms with Crippen molar-refractivity contribution in [3.8, 4) is 16.9 Å². The van der Waals surface area contributed by atoms with Crippen LogP contribution in [0.25, 0.3) is 28.0 Å². The van der Waals surface area contributed by atoms with Crippen LogP contribution in [0.4, 0.5) is 23.4 Å². The van der Waals surface area contributed by atoms with Crippen LogP contribution >= 0.6 is 0 Å². The SMILES string of the molecule is C=CC(=O)N1CCN(c2nc(=O)n(-c3c(C4CN(C)C4)cccc3S(C)(=O)=O)c3nc(-c4ccccc4C(F)(F)F)c(F)cc23)[C@@H](C)C1. The van der Waals surface area contributed by atoms with Crippen molar-refractivity contribution in [3.05, 3.63) is 88.6 Å². The van der Waals surface area contributed by atoms with Gasteiger partial charge < -0.3 is 14.7 Å². The quantitative estimate of drug-likeness (QED) is 0.219. The Kier molecular flexibility index (Phi) is 8.40. The van der Waals surface area contributed by atoms with Crippen molar-refractivity contribution < 1.29 is 30.8 Å². The van der Waals surface area contributed by atoms with Gasteiger partial charge in [0.25, 0.3) is 0 Å². The molecule has 6 rings (SSSR count). The first kappa shape index (κ1) is 33.3. The molecule has 2 aromatic heterocycles. The van der Waals surface area contributed by atoms with Crippen molar-refractivity contribution in [2.75, 3.05) is 50.9 Å². The van der Waals surface area contributed by atoms with E-state index in [4.69, 9.17) is 0 Å². The molecule has 0 aliphatic carbocycles. The highest BCUT2D eigenvalue weighted by Gasteiger charge is 2.36. The van der Waals surface area contributed by atoms with E-state index in [9.17, 15) is 31.2 Å². The number of rotatable bonds is 6. The highest BCUT2D eigenvalue weighted by Crippen LogP contribution is 2.40. The van der Waals surface area contributed by atoms with Gasteiger partial charge in [-0.15, -0.1) is 0 Å². The molecule has 1 amide bonds. The lowest BCUT2D eigenvalue weighted by Gasteiger charge is -2.40. The van der Waals surface area contributed by atoms with E-state index in [1.165, 1.54) is 24.3 Å². The summed E-state index contributed by atoms with van der Waals surface area (Å²) >= 11 is 0. The lowest BCUT2D eigenvalue weighted by atomic mass is 9.90. The molecule has 0 radical (unpaired) electrons. The van der Waals surface area contributed by atoms with Gasteiger partial charge in [0, 0.05) is 56.5 Å². The molecule has 15 heteroatoms. The zero-order chi connectivity index (χ0) is 34.7. The summed E-state index contributed by atoms with van der Waals surface area (Å²) < 4.78 is 85.9. The minimum atomic E-state index is -4.85. The summed E-state index contributed by atoms with van der Waals surface area (Å²) in [7, 11) is -2.10. The first-order valence-corrected chi connectivity index (χ1v) is 17.0. The predicted molar refractivity (Wildman–Crippen MR) is 172 cm³/mol. The molecule has 4 heterocycles. The molecular formula is C33H32F4N6O4S. The van der Waals surface area contributed by atoms with Crippen molar-refractivity contribution in [2.45, 2.75) is 30.0 Å². The van der Waals surface area contributed by atoms with Crippen LogP contribution in [0.2, 0.25) is 0 Å². The first-order chi connectivity index (χ1) is 22.6. The van der Waals surface area contributed by atoms with E-state index < -0.39 is 50.4 Å². The number of amides is 1. The fourth-order valence-electron chi connectivity index (χ4n) is 6.56. The average Bonchev–Trinajstić information content (AvgIpc) is 3.01. The van der Waals surface area contributed by atoms with Crippen LogP contribution in [0, 0.1) is 5.82 Å². The third-order valence-electron chi connectivity index (χ3n) is 8.83. The van der Waals surface area contributed by atoms with Gasteiger partial charge in [0.1, 0.15) is 17.3 Å². The second kappa shape index (κ2) is 12.1. The van der Waals surface area contributed by atoms with E-state index in [-0.39, 0.29) is 58.9 Å². The summed E-state index contributed by atoms with van der Waals surface area (Å²) in [5.41, 5.74) is -3.10. The summed E-state index contributed by atoms with van der Waals surface area (Å²) in [5.74, 6) is -1.57. The Bertz CT molecular complexity index is 2130. The van der Waals surface area contributed by atoms with Crippen LogP contribution in [-0.4, -0.2) is 90.7 Å². The maximum Gasteiger partial charge on any atom is 0.417 e. The average molecular weight is 685 g/mol. The number of carbonyl (C=O) groups excluding carboxylic acids is 1. The molecule has 252 valence electrons. The minimum Gasteiger partial charge on any atom is -0.350 e. The number of pyridine rings is 1. The highest BCUT2D eigenvalue weighted by atomic mass is 32.2. The summed E-state index contributed by atoms with van der Waals surface area (Å²) in [5, 5.41) is -0.0179. The molecule has 0 spiro atoms. The second-order valence-corrected chi connectivity index (χ2v) is 14.2. The molecule has 1 atom stereocenters. The maximum atomic E-state index is 16.1. The molecule has 2 fully saturated rings. The number of nitrogens with zero attached hydrogens (tertiary/aromatic N) is 6. The normalized spacial score (nSPS) is 17.9. The van der Waals surface area contributed by atoms with Crippen LogP contribution in [0.15, 0.2) is 70.9 Å². The van der Waals surface area contributed by atoms with Gasteiger partial charge in [0.2, 0.25) is 5.91 Å². The maximum absolute atomic E-state index is 16.1. The van der Waals surface area contributed by atoms with Crippen molar-refractivity contribution in [2.24, 2.45) is 0 Å². The largest absolute Gasteiger partial charge is 0.417 e. The number of alkyl halides is 3. The Morgan fingerprint density at radius 3 is 2.38 bits per heavy atom. The first-order valence-electron chi connectivity index (χ1n) is 15.1. The van der Waals surface area contributed by atoms with Gasteiger partial charge >= 0.3 is 11.9 Å². The Balaban J connectivity index is 1.69. The van der Waals surface area contributed by atoms with Gasteiger partial charge in [0.05, 0.1) is 21.5 Å². The van der Waals surface area contributed by atoms with Gasteiger partial charge in [-0.2, -0.15) is 18.2 Å². The number of para-hydroxylation sites is 1. The smallest absolute Gasteiger partial charge is 0.350 e. The lowest BCUT2D eigenvalue weighted by molar-refractivity contribution is -0.137. The van der Waals surface area contributed by atoms with Crippen molar-refractivity contribution in [1.82, 2.24) is 24.3 Å². The number of anilines is 1. The minimum absolute atomic E-state index is 0.00766.